The van der Waals surface area contributed by atoms with Gasteiger partial charge in [-0.3, -0.25) is 4.79 Å². The van der Waals surface area contributed by atoms with Gasteiger partial charge in [-0.15, -0.1) is 11.3 Å². The Morgan fingerprint density at radius 2 is 1.85 bits per heavy atom. The lowest BCUT2D eigenvalue weighted by atomic mass is 10.0. The fourth-order valence-corrected chi connectivity index (χ4v) is 3.71. The van der Waals surface area contributed by atoms with Crippen molar-refractivity contribution in [2.24, 2.45) is 0 Å². The van der Waals surface area contributed by atoms with Crippen molar-refractivity contribution >= 4 is 27.5 Å². The summed E-state index contributed by atoms with van der Waals surface area (Å²) in [4.78, 5) is 16.9. The molecule has 130 valence electrons. The van der Waals surface area contributed by atoms with Gasteiger partial charge in [0.2, 0.25) is 0 Å². The van der Waals surface area contributed by atoms with Gasteiger partial charge >= 0.3 is 0 Å². The van der Waals surface area contributed by atoms with Crippen LogP contribution in [-0.2, 0) is 0 Å². The summed E-state index contributed by atoms with van der Waals surface area (Å²) in [5.41, 5.74) is 2.13. The summed E-state index contributed by atoms with van der Waals surface area (Å²) in [5.74, 6) is 0.950. The van der Waals surface area contributed by atoms with Crippen molar-refractivity contribution in [2.45, 2.75) is 12.8 Å². The van der Waals surface area contributed by atoms with E-state index in [4.69, 9.17) is 4.42 Å². The second kappa shape index (κ2) is 7.14. The molecule has 0 saturated carbocycles. The Labute approximate surface area is 155 Å². The number of fused-ring (bicyclic) bond motifs is 1. The lowest BCUT2D eigenvalue weighted by molar-refractivity contribution is 0.0925. The highest BCUT2D eigenvalue weighted by Gasteiger charge is 2.15. The molecule has 0 aliphatic carbocycles. The topological polar surface area (TPSA) is 55.1 Å². The summed E-state index contributed by atoms with van der Waals surface area (Å²) in [5, 5.41) is 3.72. The molecule has 0 aliphatic heterocycles. The number of thiazole rings is 1. The SMILES string of the molecule is C[C@H](CNC(=O)c1ccc(-c2nc3ccccc3s2)o1)c1ccccc1. The zero-order chi connectivity index (χ0) is 17.9. The van der Waals surface area contributed by atoms with Crippen molar-refractivity contribution in [3.63, 3.8) is 0 Å². The highest BCUT2D eigenvalue weighted by atomic mass is 32.1. The van der Waals surface area contributed by atoms with Crippen molar-refractivity contribution in [3.8, 4) is 10.8 Å². The van der Waals surface area contributed by atoms with Gasteiger partial charge < -0.3 is 9.73 Å². The Kier molecular flexibility index (Phi) is 4.54. The van der Waals surface area contributed by atoms with Gasteiger partial charge in [0.15, 0.2) is 16.5 Å². The standard InChI is InChI=1S/C21H18N2O2S/c1-14(15-7-3-2-4-8-15)13-22-20(24)17-11-12-18(25-17)21-23-16-9-5-6-10-19(16)26-21/h2-12,14H,13H2,1H3,(H,22,24)/t14-/m1/s1. The second-order valence-electron chi connectivity index (χ2n) is 6.17. The molecule has 4 aromatic rings. The molecule has 1 amide bonds. The van der Waals surface area contributed by atoms with E-state index < -0.39 is 0 Å². The molecule has 26 heavy (non-hydrogen) atoms. The van der Waals surface area contributed by atoms with Crippen molar-refractivity contribution in [1.29, 1.82) is 0 Å². The van der Waals surface area contributed by atoms with Crippen LogP contribution in [0.15, 0.2) is 71.1 Å². The third-order valence-corrected chi connectivity index (χ3v) is 5.32. The van der Waals surface area contributed by atoms with Crippen molar-refractivity contribution in [3.05, 3.63) is 78.1 Å². The monoisotopic (exact) mass is 362 g/mol. The molecule has 4 nitrogen and oxygen atoms in total. The average molecular weight is 362 g/mol. The van der Waals surface area contributed by atoms with E-state index in [-0.39, 0.29) is 11.8 Å². The Hall–Kier alpha value is -2.92. The lowest BCUT2D eigenvalue weighted by Gasteiger charge is -2.12. The van der Waals surface area contributed by atoms with Gasteiger partial charge in [0, 0.05) is 6.54 Å². The number of carbonyl (C=O) groups excluding carboxylic acids is 1. The number of rotatable bonds is 5. The summed E-state index contributed by atoms with van der Waals surface area (Å²) in [6, 6.07) is 21.6. The first kappa shape index (κ1) is 16.5. The van der Waals surface area contributed by atoms with Crippen LogP contribution in [0.5, 0.6) is 0 Å². The molecular weight excluding hydrogens is 344 g/mol. The van der Waals surface area contributed by atoms with Crippen LogP contribution in [0.1, 0.15) is 29.0 Å². The fourth-order valence-electron chi connectivity index (χ4n) is 2.78. The molecule has 0 saturated heterocycles. The van der Waals surface area contributed by atoms with E-state index in [1.54, 1.807) is 23.5 Å². The Balaban J connectivity index is 1.44. The van der Waals surface area contributed by atoms with Crippen molar-refractivity contribution in [2.75, 3.05) is 6.54 Å². The van der Waals surface area contributed by atoms with E-state index in [9.17, 15) is 4.79 Å². The molecule has 0 bridgehead atoms. The number of aromatic nitrogens is 1. The summed E-state index contributed by atoms with van der Waals surface area (Å²) in [7, 11) is 0. The van der Waals surface area contributed by atoms with Gasteiger partial charge in [0.1, 0.15) is 0 Å². The number of benzene rings is 2. The van der Waals surface area contributed by atoms with Crippen molar-refractivity contribution in [1.82, 2.24) is 10.3 Å². The fraction of sp³-hybridized carbons (Fsp3) is 0.143. The second-order valence-corrected chi connectivity index (χ2v) is 7.20. The van der Waals surface area contributed by atoms with Crippen LogP contribution in [0.25, 0.3) is 21.0 Å². The molecule has 2 aromatic carbocycles. The lowest BCUT2D eigenvalue weighted by Crippen LogP contribution is -2.27. The van der Waals surface area contributed by atoms with Crippen LogP contribution in [-0.4, -0.2) is 17.4 Å². The van der Waals surface area contributed by atoms with E-state index in [2.05, 4.69) is 29.4 Å². The van der Waals surface area contributed by atoms with Gasteiger partial charge in [-0.25, -0.2) is 4.98 Å². The minimum absolute atomic E-state index is 0.208. The maximum Gasteiger partial charge on any atom is 0.287 e. The van der Waals surface area contributed by atoms with E-state index in [0.29, 0.717) is 18.1 Å². The summed E-state index contributed by atoms with van der Waals surface area (Å²) in [6.07, 6.45) is 0. The quantitative estimate of drug-likeness (QED) is 0.538. The number of para-hydroxylation sites is 1. The maximum absolute atomic E-state index is 12.4. The van der Waals surface area contributed by atoms with Crippen LogP contribution in [0.2, 0.25) is 0 Å². The molecule has 0 unspecified atom stereocenters. The van der Waals surface area contributed by atoms with E-state index in [0.717, 1.165) is 15.2 Å². The minimum Gasteiger partial charge on any atom is -0.448 e. The minimum atomic E-state index is -0.208. The summed E-state index contributed by atoms with van der Waals surface area (Å²) >= 11 is 1.55. The number of amides is 1. The highest BCUT2D eigenvalue weighted by Crippen LogP contribution is 2.31. The molecule has 1 atom stereocenters. The zero-order valence-electron chi connectivity index (χ0n) is 14.3. The molecule has 1 N–H and O–H groups in total. The van der Waals surface area contributed by atoms with Crippen LogP contribution in [0.3, 0.4) is 0 Å². The van der Waals surface area contributed by atoms with Crippen LogP contribution < -0.4 is 5.32 Å². The number of nitrogens with zero attached hydrogens (tertiary/aromatic N) is 1. The maximum atomic E-state index is 12.4. The molecule has 0 spiro atoms. The molecule has 2 aromatic heterocycles. The normalized spacial score (nSPS) is 12.2. The zero-order valence-corrected chi connectivity index (χ0v) is 15.1. The van der Waals surface area contributed by atoms with Gasteiger partial charge in [-0.1, -0.05) is 49.4 Å². The van der Waals surface area contributed by atoms with E-state index in [1.807, 2.05) is 42.5 Å². The smallest absolute Gasteiger partial charge is 0.287 e. The van der Waals surface area contributed by atoms with Gasteiger partial charge in [-0.2, -0.15) is 0 Å². The first-order valence-electron chi connectivity index (χ1n) is 8.49. The summed E-state index contributed by atoms with van der Waals surface area (Å²) in [6.45, 7) is 2.64. The number of furan rings is 1. The van der Waals surface area contributed by atoms with Crippen LogP contribution in [0, 0.1) is 0 Å². The molecule has 2 heterocycles. The first-order valence-corrected chi connectivity index (χ1v) is 9.31. The van der Waals surface area contributed by atoms with E-state index in [1.165, 1.54) is 5.56 Å². The molecule has 5 heteroatoms. The number of nitrogens with one attached hydrogen (secondary N) is 1. The Morgan fingerprint density at radius 3 is 2.65 bits per heavy atom. The third kappa shape index (κ3) is 3.39. The molecule has 0 aliphatic rings. The number of carbonyl (C=O) groups is 1. The Morgan fingerprint density at radius 1 is 1.08 bits per heavy atom. The van der Waals surface area contributed by atoms with Gasteiger partial charge in [-0.05, 0) is 35.7 Å². The number of hydrogen-bond donors (Lipinski definition) is 1. The largest absolute Gasteiger partial charge is 0.448 e. The molecule has 0 fully saturated rings. The molecule has 0 radical (unpaired) electrons. The molecule has 4 rings (SSSR count). The Bertz CT molecular complexity index is 1000. The van der Waals surface area contributed by atoms with Crippen LogP contribution in [0.4, 0.5) is 0 Å². The predicted molar refractivity (Wildman–Crippen MR) is 105 cm³/mol. The van der Waals surface area contributed by atoms with Crippen molar-refractivity contribution < 1.29 is 9.21 Å². The van der Waals surface area contributed by atoms with Crippen LogP contribution >= 0.6 is 11.3 Å². The third-order valence-electron chi connectivity index (χ3n) is 4.27. The first-order chi connectivity index (χ1) is 12.7. The molecular formula is C21H18N2O2S. The average Bonchev–Trinajstić information content (AvgIpc) is 3.33. The van der Waals surface area contributed by atoms with E-state index >= 15 is 0 Å². The van der Waals surface area contributed by atoms with Gasteiger partial charge in [0.25, 0.3) is 5.91 Å². The predicted octanol–water partition coefficient (Wildman–Crippen LogP) is 5.09. The number of hydrogen-bond acceptors (Lipinski definition) is 4. The highest BCUT2D eigenvalue weighted by molar-refractivity contribution is 7.21. The summed E-state index contributed by atoms with van der Waals surface area (Å²) < 4.78 is 6.83. The van der Waals surface area contributed by atoms with Gasteiger partial charge in [0.05, 0.1) is 10.2 Å².